The molecule has 0 bridgehead atoms. The molecule has 1 aromatic rings. The van der Waals surface area contributed by atoms with Crippen LogP contribution in [0.1, 0.15) is 51.8 Å². The molecule has 0 atom stereocenters. The minimum absolute atomic E-state index is 0.514. The Morgan fingerprint density at radius 2 is 1.81 bits per heavy atom. The molecule has 0 unspecified atom stereocenters. The summed E-state index contributed by atoms with van der Waals surface area (Å²) < 4.78 is 1.98. The molecule has 0 radical (unpaired) electrons. The summed E-state index contributed by atoms with van der Waals surface area (Å²) in [6.45, 7) is 7.44. The predicted molar refractivity (Wildman–Crippen MR) is 67.7 cm³/mol. The van der Waals surface area contributed by atoms with E-state index in [0.29, 0.717) is 5.28 Å². The van der Waals surface area contributed by atoms with Gasteiger partial charge in [0.25, 0.3) is 0 Å². The van der Waals surface area contributed by atoms with Crippen molar-refractivity contribution in [1.82, 2.24) is 14.8 Å². The molecule has 1 heterocycles. The van der Waals surface area contributed by atoms with Crippen molar-refractivity contribution >= 4 is 11.6 Å². The molecule has 92 valence electrons. The maximum absolute atomic E-state index is 5.92. The van der Waals surface area contributed by atoms with Crippen LogP contribution in [-0.2, 0) is 6.54 Å². The van der Waals surface area contributed by atoms with Crippen molar-refractivity contribution in [3.05, 3.63) is 11.1 Å². The minimum atomic E-state index is 0.514. The Balaban J connectivity index is 2.12. The second-order valence-corrected chi connectivity index (χ2v) is 5.10. The van der Waals surface area contributed by atoms with Crippen LogP contribution in [0.5, 0.6) is 0 Å². The Labute approximate surface area is 103 Å². The molecule has 0 aromatic carbocycles. The first kappa shape index (κ1) is 13.5. The van der Waals surface area contributed by atoms with Gasteiger partial charge in [-0.15, -0.1) is 10.2 Å². The lowest BCUT2D eigenvalue weighted by molar-refractivity contribution is 0.503. The first-order valence-electron chi connectivity index (χ1n) is 6.16. The number of unbranched alkanes of at least 4 members (excludes halogenated alkanes) is 3. The van der Waals surface area contributed by atoms with Crippen molar-refractivity contribution in [2.75, 3.05) is 0 Å². The van der Waals surface area contributed by atoms with E-state index in [1.54, 1.807) is 0 Å². The number of halogens is 1. The van der Waals surface area contributed by atoms with E-state index in [4.69, 9.17) is 11.6 Å². The van der Waals surface area contributed by atoms with Crippen LogP contribution in [0.3, 0.4) is 0 Å². The molecule has 1 aromatic heterocycles. The number of aromatic nitrogens is 3. The van der Waals surface area contributed by atoms with Crippen molar-refractivity contribution < 1.29 is 0 Å². The van der Waals surface area contributed by atoms with Crippen molar-refractivity contribution in [1.29, 1.82) is 0 Å². The number of rotatable bonds is 7. The van der Waals surface area contributed by atoms with E-state index < -0.39 is 0 Å². The van der Waals surface area contributed by atoms with Crippen LogP contribution < -0.4 is 0 Å². The topological polar surface area (TPSA) is 30.7 Å². The monoisotopic (exact) mass is 243 g/mol. The van der Waals surface area contributed by atoms with Gasteiger partial charge in [0.15, 0.2) is 0 Å². The van der Waals surface area contributed by atoms with E-state index in [1.165, 1.54) is 25.7 Å². The van der Waals surface area contributed by atoms with E-state index in [2.05, 4.69) is 24.0 Å². The summed E-state index contributed by atoms with van der Waals surface area (Å²) in [4.78, 5) is 0. The zero-order valence-electron chi connectivity index (χ0n) is 10.5. The van der Waals surface area contributed by atoms with Gasteiger partial charge >= 0.3 is 0 Å². The zero-order chi connectivity index (χ0) is 12.0. The van der Waals surface area contributed by atoms with E-state index in [-0.39, 0.29) is 0 Å². The van der Waals surface area contributed by atoms with Gasteiger partial charge in [0.1, 0.15) is 5.82 Å². The van der Waals surface area contributed by atoms with Crippen molar-refractivity contribution in [3.8, 4) is 0 Å². The summed E-state index contributed by atoms with van der Waals surface area (Å²) in [5.74, 6) is 1.74. The second-order valence-electron chi connectivity index (χ2n) is 4.76. The number of nitrogens with zero attached hydrogens (tertiary/aromatic N) is 3. The molecule has 0 saturated heterocycles. The van der Waals surface area contributed by atoms with Crippen LogP contribution in [0.4, 0.5) is 0 Å². The Morgan fingerprint density at radius 1 is 1.12 bits per heavy atom. The Hall–Kier alpha value is -0.570. The van der Waals surface area contributed by atoms with Gasteiger partial charge in [-0.2, -0.15) is 0 Å². The molecule has 0 spiro atoms. The van der Waals surface area contributed by atoms with Gasteiger partial charge in [0.05, 0.1) is 0 Å². The van der Waals surface area contributed by atoms with Crippen LogP contribution in [0.15, 0.2) is 0 Å². The van der Waals surface area contributed by atoms with Gasteiger partial charge in [-0.25, -0.2) is 0 Å². The molecule has 4 heteroatoms. The van der Waals surface area contributed by atoms with Gasteiger partial charge in [-0.05, 0) is 30.9 Å². The zero-order valence-corrected chi connectivity index (χ0v) is 11.3. The van der Waals surface area contributed by atoms with E-state index in [9.17, 15) is 0 Å². The lowest BCUT2D eigenvalue weighted by Gasteiger charge is -2.06. The molecule has 0 aliphatic heterocycles. The SMILES string of the molecule is Cc1nnc(Cl)n1CCCCCCC(C)C. The van der Waals surface area contributed by atoms with Crippen molar-refractivity contribution in [3.63, 3.8) is 0 Å². The minimum Gasteiger partial charge on any atom is -0.302 e. The van der Waals surface area contributed by atoms with Gasteiger partial charge < -0.3 is 4.57 Å². The second kappa shape index (κ2) is 6.89. The third kappa shape index (κ3) is 4.52. The normalized spacial score (nSPS) is 11.3. The van der Waals surface area contributed by atoms with Gasteiger partial charge in [0, 0.05) is 6.54 Å². The van der Waals surface area contributed by atoms with Crippen LogP contribution in [0.2, 0.25) is 5.28 Å². The fraction of sp³-hybridized carbons (Fsp3) is 0.833. The van der Waals surface area contributed by atoms with E-state index >= 15 is 0 Å². The average Bonchev–Trinajstić information content (AvgIpc) is 2.53. The molecule has 0 aliphatic rings. The lowest BCUT2D eigenvalue weighted by atomic mass is 10.0. The first-order chi connectivity index (χ1) is 7.61. The predicted octanol–water partition coefficient (Wildman–Crippen LogP) is 3.85. The van der Waals surface area contributed by atoms with Crippen LogP contribution in [0, 0.1) is 12.8 Å². The summed E-state index contributed by atoms with van der Waals surface area (Å²) in [5, 5.41) is 8.28. The molecule has 3 nitrogen and oxygen atoms in total. The summed E-state index contributed by atoms with van der Waals surface area (Å²) in [6.07, 6.45) is 6.42. The molecule has 1 rings (SSSR count). The van der Waals surface area contributed by atoms with E-state index in [0.717, 1.165) is 24.7 Å². The molecule has 16 heavy (non-hydrogen) atoms. The summed E-state index contributed by atoms with van der Waals surface area (Å²) in [5.41, 5.74) is 0. The van der Waals surface area contributed by atoms with Crippen LogP contribution >= 0.6 is 11.6 Å². The van der Waals surface area contributed by atoms with Crippen LogP contribution in [-0.4, -0.2) is 14.8 Å². The lowest BCUT2D eigenvalue weighted by Crippen LogP contribution is -2.01. The Morgan fingerprint density at radius 3 is 2.38 bits per heavy atom. The van der Waals surface area contributed by atoms with E-state index in [1.807, 2.05) is 11.5 Å². The molecular formula is C12H22ClN3. The number of hydrogen-bond donors (Lipinski definition) is 0. The first-order valence-corrected chi connectivity index (χ1v) is 6.54. The summed E-state index contributed by atoms with van der Waals surface area (Å²) in [6, 6.07) is 0. The Kier molecular flexibility index (Phi) is 5.81. The van der Waals surface area contributed by atoms with Gasteiger partial charge in [-0.1, -0.05) is 39.5 Å². The highest BCUT2D eigenvalue weighted by atomic mass is 35.5. The van der Waals surface area contributed by atoms with Crippen molar-refractivity contribution in [2.45, 2.75) is 59.4 Å². The fourth-order valence-corrected chi connectivity index (χ4v) is 2.03. The smallest absolute Gasteiger partial charge is 0.225 e. The van der Waals surface area contributed by atoms with Gasteiger partial charge in [-0.3, -0.25) is 0 Å². The fourth-order valence-electron chi connectivity index (χ4n) is 1.79. The molecule has 0 amide bonds. The summed E-state index contributed by atoms with van der Waals surface area (Å²) >= 11 is 5.92. The Bertz CT molecular complexity index is 288. The highest BCUT2D eigenvalue weighted by molar-refractivity contribution is 6.28. The maximum Gasteiger partial charge on any atom is 0.225 e. The molecule has 0 aliphatic carbocycles. The molecular weight excluding hydrogens is 222 g/mol. The highest BCUT2D eigenvalue weighted by Gasteiger charge is 2.04. The largest absolute Gasteiger partial charge is 0.302 e. The number of hydrogen-bond acceptors (Lipinski definition) is 2. The quantitative estimate of drug-likeness (QED) is 0.681. The van der Waals surface area contributed by atoms with Crippen molar-refractivity contribution in [2.24, 2.45) is 5.92 Å². The van der Waals surface area contributed by atoms with Crippen LogP contribution in [0.25, 0.3) is 0 Å². The summed E-state index contributed by atoms with van der Waals surface area (Å²) in [7, 11) is 0. The molecule has 0 N–H and O–H groups in total. The average molecular weight is 244 g/mol. The number of aryl methyl sites for hydroxylation is 1. The molecule has 0 saturated carbocycles. The van der Waals surface area contributed by atoms with Gasteiger partial charge in [0.2, 0.25) is 5.28 Å². The maximum atomic E-state index is 5.92. The highest BCUT2D eigenvalue weighted by Crippen LogP contribution is 2.12. The third-order valence-electron chi connectivity index (χ3n) is 2.80. The third-order valence-corrected chi connectivity index (χ3v) is 3.08. The molecule has 0 fully saturated rings. The standard InChI is InChI=1S/C12H22ClN3/c1-10(2)8-6-4-5-7-9-16-11(3)14-15-12(16)13/h10H,4-9H2,1-3H3.